The van der Waals surface area contributed by atoms with Gasteiger partial charge in [-0.25, -0.2) is 0 Å². The SMILES string of the molecule is COc1cc(-c2noc(-c3ccccc3C)n2)ccc1OCC(=O)Nc1cccc(C)c1. The summed E-state index contributed by atoms with van der Waals surface area (Å²) in [6, 6.07) is 20.6. The fourth-order valence-electron chi connectivity index (χ4n) is 3.25. The lowest BCUT2D eigenvalue weighted by atomic mass is 10.1. The number of aryl methyl sites for hydroxylation is 2. The number of benzene rings is 3. The van der Waals surface area contributed by atoms with E-state index in [1.165, 1.54) is 7.11 Å². The average molecular weight is 429 g/mol. The minimum atomic E-state index is -0.261. The number of anilines is 1. The summed E-state index contributed by atoms with van der Waals surface area (Å²) in [5, 5.41) is 6.90. The Balaban J connectivity index is 1.46. The van der Waals surface area contributed by atoms with Gasteiger partial charge in [0.05, 0.1) is 7.11 Å². The van der Waals surface area contributed by atoms with Crippen LogP contribution in [0.5, 0.6) is 11.5 Å². The Kier molecular flexibility index (Phi) is 6.17. The number of amides is 1. The first-order valence-electron chi connectivity index (χ1n) is 10.1. The number of aromatic nitrogens is 2. The Labute approximate surface area is 186 Å². The van der Waals surface area contributed by atoms with Crippen molar-refractivity contribution in [3.8, 4) is 34.3 Å². The van der Waals surface area contributed by atoms with Gasteiger partial charge in [-0.15, -0.1) is 0 Å². The normalized spacial score (nSPS) is 10.6. The van der Waals surface area contributed by atoms with E-state index < -0.39 is 0 Å². The van der Waals surface area contributed by atoms with Crippen LogP contribution in [0, 0.1) is 13.8 Å². The van der Waals surface area contributed by atoms with E-state index >= 15 is 0 Å². The maximum atomic E-state index is 12.2. The zero-order valence-corrected chi connectivity index (χ0v) is 18.1. The summed E-state index contributed by atoms with van der Waals surface area (Å²) in [6.07, 6.45) is 0. The summed E-state index contributed by atoms with van der Waals surface area (Å²) < 4.78 is 16.6. The van der Waals surface area contributed by atoms with Crippen LogP contribution < -0.4 is 14.8 Å². The lowest BCUT2D eigenvalue weighted by molar-refractivity contribution is -0.118. The first kappa shape index (κ1) is 21.1. The van der Waals surface area contributed by atoms with Gasteiger partial charge in [-0.3, -0.25) is 4.79 Å². The predicted molar refractivity (Wildman–Crippen MR) is 122 cm³/mol. The topological polar surface area (TPSA) is 86.5 Å². The monoisotopic (exact) mass is 429 g/mol. The summed E-state index contributed by atoms with van der Waals surface area (Å²) >= 11 is 0. The van der Waals surface area contributed by atoms with E-state index in [-0.39, 0.29) is 12.5 Å². The van der Waals surface area contributed by atoms with E-state index in [2.05, 4.69) is 15.5 Å². The number of nitrogens with zero attached hydrogens (tertiary/aromatic N) is 2. The molecule has 4 aromatic rings. The first-order valence-corrected chi connectivity index (χ1v) is 10.1. The van der Waals surface area contributed by atoms with Crippen molar-refractivity contribution in [3.05, 3.63) is 77.9 Å². The first-order chi connectivity index (χ1) is 15.5. The molecule has 0 aliphatic heterocycles. The van der Waals surface area contributed by atoms with Crippen LogP contribution >= 0.6 is 0 Å². The van der Waals surface area contributed by atoms with Gasteiger partial charge < -0.3 is 19.3 Å². The van der Waals surface area contributed by atoms with Crippen LogP contribution in [0.1, 0.15) is 11.1 Å². The van der Waals surface area contributed by atoms with Crippen molar-refractivity contribution in [3.63, 3.8) is 0 Å². The van der Waals surface area contributed by atoms with Gasteiger partial charge in [0, 0.05) is 16.8 Å². The quantitative estimate of drug-likeness (QED) is 0.443. The van der Waals surface area contributed by atoms with Crippen molar-refractivity contribution in [1.29, 1.82) is 0 Å². The van der Waals surface area contributed by atoms with Crippen LogP contribution in [-0.2, 0) is 4.79 Å². The van der Waals surface area contributed by atoms with Gasteiger partial charge in [-0.2, -0.15) is 4.98 Å². The standard InChI is InChI=1S/C25H23N3O4/c1-16-7-6-9-19(13-16)26-23(29)15-31-21-12-11-18(14-22(21)30-3)24-27-25(32-28-24)20-10-5-4-8-17(20)2/h4-14H,15H2,1-3H3,(H,26,29). The van der Waals surface area contributed by atoms with Crippen LogP contribution in [0.2, 0.25) is 0 Å². The number of rotatable bonds is 7. The fraction of sp³-hybridized carbons (Fsp3) is 0.160. The summed E-state index contributed by atoms with van der Waals surface area (Å²) in [7, 11) is 1.54. The van der Waals surface area contributed by atoms with E-state index in [0.717, 1.165) is 22.4 Å². The Morgan fingerprint density at radius 2 is 1.84 bits per heavy atom. The smallest absolute Gasteiger partial charge is 0.262 e. The van der Waals surface area contributed by atoms with Gasteiger partial charge in [0.15, 0.2) is 18.1 Å². The van der Waals surface area contributed by atoms with Gasteiger partial charge >= 0.3 is 0 Å². The highest BCUT2D eigenvalue weighted by atomic mass is 16.5. The molecule has 0 spiro atoms. The highest BCUT2D eigenvalue weighted by Gasteiger charge is 2.15. The molecule has 4 rings (SSSR count). The molecule has 7 nitrogen and oxygen atoms in total. The summed E-state index contributed by atoms with van der Waals surface area (Å²) in [5.74, 6) is 1.53. The number of ether oxygens (including phenoxy) is 2. The number of methoxy groups -OCH3 is 1. The molecule has 162 valence electrons. The van der Waals surface area contributed by atoms with Crippen molar-refractivity contribution in [2.75, 3.05) is 19.0 Å². The van der Waals surface area contributed by atoms with Crippen LogP contribution in [0.15, 0.2) is 71.3 Å². The fourth-order valence-corrected chi connectivity index (χ4v) is 3.25. The Morgan fingerprint density at radius 3 is 2.62 bits per heavy atom. The van der Waals surface area contributed by atoms with Gasteiger partial charge in [0.25, 0.3) is 11.8 Å². The summed E-state index contributed by atoms with van der Waals surface area (Å²) in [5.41, 5.74) is 4.43. The number of nitrogens with one attached hydrogen (secondary N) is 1. The molecule has 0 fully saturated rings. The van der Waals surface area contributed by atoms with Crippen LogP contribution in [0.3, 0.4) is 0 Å². The van der Waals surface area contributed by atoms with Gasteiger partial charge in [0.1, 0.15) is 0 Å². The molecule has 0 radical (unpaired) electrons. The third-order valence-corrected chi connectivity index (χ3v) is 4.88. The summed E-state index contributed by atoms with van der Waals surface area (Å²) in [4.78, 5) is 16.7. The molecule has 1 N–H and O–H groups in total. The minimum absolute atomic E-state index is 0.150. The van der Waals surface area contributed by atoms with Crippen molar-refractivity contribution in [2.24, 2.45) is 0 Å². The molecule has 32 heavy (non-hydrogen) atoms. The molecule has 0 aliphatic carbocycles. The van der Waals surface area contributed by atoms with E-state index in [0.29, 0.717) is 28.8 Å². The third-order valence-electron chi connectivity index (χ3n) is 4.88. The Bertz CT molecular complexity index is 1250. The van der Waals surface area contributed by atoms with Gasteiger partial charge in [-0.1, -0.05) is 35.5 Å². The summed E-state index contributed by atoms with van der Waals surface area (Å²) in [6.45, 7) is 3.80. The molecular weight excluding hydrogens is 406 g/mol. The predicted octanol–water partition coefficient (Wildman–Crippen LogP) is 5.05. The van der Waals surface area contributed by atoms with Crippen molar-refractivity contribution >= 4 is 11.6 Å². The number of carbonyl (C=O) groups is 1. The van der Waals surface area contributed by atoms with Crippen LogP contribution in [-0.4, -0.2) is 29.8 Å². The van der Waals surface area contributed by atoms with Gasteiger partial charge in [-0.05, 0) is 61.4 Å². The molecular formula is C25H23N3O4. The molecule has 3 aromatic carbocycles. The Hall–Kier alpha value is -4.13. The lowest BCUT2D eigenvalue weighted by Gasteiger charge is -2.12. The number of hydrogen-bond donors (Lipinski definition) is 1. The highest BCUT2D eigenvalue weighted by Crippen LogP contribution is 2.32. The number of carbonyl (C=O) groups excluding carboxylic acids is 1. The van der Waals surface area contributed by atoms with Crippen LogP contribution in [0.25, 0.3) is 22.8 Å². The van der Waals surface area contributed by atoms with Crippen molar-refractivity contribution in [1.82, 2.24) is 10.1 Å². The molecule has 7 heteroatoms. The van der Waals surface area contributed by atoms with E-state index in [1.54, 1.807) is 18.2 Å². The molecule has 0 atom stereocenters. The van der Waals surface area contributed by atoms with E-state index in [1.807, 2.05) is 62.4 Å². The molecule has 0 aliphatic rings. The third kappa shape index (κ3) is 4.78. The lowest BCUT2D eigenvalue weighted by Crippen LogP contribution is -2.20. The Morgan fingerprint density at radius 1 is 1.00 bits per heavy atom. The van der Waals surface area contributed by atoms with Crippen molar-refractivity contribution in [2.45, 2.75) is 13.8 Å². The van der Waals surface area contributed by atoms with E-state index in [4.69, 9.17) is 14.0 Å². The van der Waals surface area contributed by atoms with Gasteiger partial charge in [0.2, 0.25) is 5.82 Å². The molecule has 1 heterocycles. The second kappa shape index (κ2) is 9.34. The molecule has 1 amide bonds. The second-order valence-corrected chi connectivity index (χ2v) is 7.31. The average Bonchev–Trinajstić information content (AvgIpc) is 3.28. The highest BCUT2D eigenvalue weighted by molar-refractivity contribution is 5.92. The maximum Gasteiger partial charge on any atom is 0.262 e. The molecule has 0 saturated carbocycles. The van der Waals surface area contributed by atoms with Crippen LogP contribution in [0.4, 0.5) is 5.69 Å². The van der Waals surface area contributed by atoms with Crippen molar-refractivity contribution < 1.29 is 18.8 Å². The molecule has 0 saturated heterocycles. The number of hydrogen-bond acceptors (Lipinski definition) is 6. The van der Waals surface area contributed by atoms with E-state index in [9.17, 15) is 4.79 Å². The minimum Gasteiger partial charge on any atom is -0.493 e. The molecule has 1 aromatic heterocycles. The zero-order chi connectivity index (χ0) is 22.5. The zero-order valence-electron chi connectivity index (χ0n) is 18.1. The largest absolute Gasteiger partial charge is 0.493 e. The molecule has 0 unspecified atom stereocenters. The molecule has 0 bridgehead atoms. The maximum absolute atomic E-state index is 12.2. The second-order valence-electron chi connectivity index (χ2n) is 7.31.